The van der Waals surface area contributed by atoms with Gasteiger partial charge in [0.05, 0.1) is 24.1 Å². The van der Waals surface area contributed by atoms with Gasteiger partial charge < -0.3 is 11.1 Å². The van der Waals surface area contributed by atoms with Crippen molar-refractivity contribution >= 4 is 17.3 Å². The smallest absolute Gasteiger partial charge is 0.266 e. The first-order valence-corrected chi connectivity index (χ1v) is 6.34. The van der Waals surface area contributed by atoms with E-state index >= 15 is 0 Å². The van der Waals surface area contributed by atoms with Crippen molar-refractivity contribution in [1.82, 2.24) is 9.78 Å². The predicted octanol–water partition coefficient (Wildman–Crippen LogP) is 1.30. The van der Waals surface area contributed by atoms with Crippen LogP contribution in [0.2, 0.25) is 0 Å². The third kappa shape index (κ3) is 3.88. The molecule has 0 unspecified atom stereocenters. The number of nitrogens with one attached hydrogen (secondary N) is 1. The zero-order valence-electron chi connectivity index (χ0n) is 11.5. The molecule has 2 rings (SSSR count). The molecular formula is C14H15FN4O2. The summed E-state index contributed by atoms with van der Waals surface area (Å²) in [5.74, 6) is -0.802. The van der Waals surface area contributed by atoms with E-state index in [1.807, 2.05) is 0 Å². The molecule has 21 heavy (non-hydrogen) atoms. The summed E-state index contributed by atoms with van der Waals surface area (Å²) in [5, 5.41) is 6.50. The molecule has 0 aliphatic heterocycles. The van der Waals surface area contributed by atoms with Crippen LogP contribution in [-0.2, 0) is 11.3 Å². The van der Waals surface area contributed by atoms with Gasteiger partial charge in [-0.1, -0.05) is 0 Å². The van der Waals surface area contributed by atoms with Crippen LogP contribution in [0, 0.1) is 12.7 Å². The van der Waals surface area contributed by atoms with Crippen LogP contribution < -0.4 is 16.6 Å². The molecule has 6 nitrogen and oxygen atoms in total. The number of hydrogen-bond acceptors (Lipinski definition) is 4. The van der Waals surface area contributed by atoms with E-state index in [9.17, 15) is 14.0 Å². The highest BCUT2D eigenvalue weighted by atomic mass is 19.1. The lowest BCUT2D eigenvalue weighted by Crippen LogP contribution is -2.25. The van der Waals surface area contributed by atoms with Crippen molar-refractivity contribution in [2.45, 2.75) is 19.9 Å². The number of carbonyl (C=O) groups is 1. The van der Waals surface area contributed by atoms with E-state index in [0.29, 0.717) is 5.69 Å². The second kappa shape index (κ2) is 6.17. The van der Waals surface area contributed by atoms with E-state index in [4.69, 9.17) is 5.73 Å². The average Bonchev–Trinajstić information content (AvgIpc) is 2.41. The largest absolute Gasteiger partial charge is 0.397 e. The second-order valence-electron chi connectivity index (χ2n) is 4.62. The number of hydrogen-bond donors (Lipinski definition) is 2. The number of nitrogen functional groups attached to an aromatic ring is 1. The molecule has 0 fully saturated rings. The number of anilines is 2. The molecule has 0 radical (unpaired) electrons. The van der Waals surface area contributed by atoms with Crippen LogP contribution >= 0.6 is 0 Å². The number of aryl methyl sites for hydroxylation is 2. The van der Waals surface area contributed by atoms with Crippen LogP contribution in [0.3, 0.4) is 0 Å². The standard InChI is InChI=1S/C14H15FN4O2/c1-9-6-14(21)19(17-8-9)5-4-13(20)18-12-3-2-10(15)7-11(12)16/h2-3,6-8H,4-5,16H2,1H3,(H,18,20). The molecule has 0 aliphatic carbocycles. The summed E-state index contributed by atoms with van der Waals surface area (Å²) >= 11 is 0. The number of rotatable bonds is 4. The van der Waals surface area contributed by atoms with Crippen LogP contribution in [0.15, 0.2) is 35.3 Å². The maximum atomic E-state index is 12.9. The van der Waals surface area contributed by atoms with Gasteiger partial charge in [0.2, 0.25) is 5.91 Å². The van der Waals surface area contributed by atoms with Gasteiger partial charge in [0.1, 0.15) is 5.82 Å². The second-order valence-corrected chi connectivity index (χ2v) is 4.62. The molecule has 1 aromatic heterocycles. The summed E-state index contributed by atoms with van der Waals surface area (Å²) in [6.07, 6.45) is 1.62. The Bertz CT molecular complexity index is 727. The fourth-order valence-electron chi connectivity index (χ4n) is 1.76. The maximum absolute atomic E-state index is 12.9. The Morgan fingerprint density at radius 1 is 1.43 bits per heavy atom. The molecule has 3 N–H and O–H groups in total. The topological polar surface area (TPSA) is 90.0 Å². The fraction of sp³-hybridized carbons (Fsp3) is 0.214. The van der Waals surface area contributed by atoms with Crippen molar-refractivity contribution in [1.29, 1.82) is 0 Å². The van der Waals surface area contributed by atoms with Crippen LogP contribution in [0.4, 0.5) is 15.8 Å². The minimum Gasteiger partial charge on any atom is -0.397 e. The molecule has 0 bridgehead atoms. The summed E-state index contributed by atoms with van der Waals surface area (Å²) in [4.78, 5) is 23.4. The zero-order chi connectivity index (χ0) is 15.4. The fourth-order valence-corrected chi connectivity index (χ4v) is 1.76. The number of nitrogens with two attached hydrogens (primary N) is 1. The molecule has 0 saturated carbocycles. The van der Waals surface area contributed by atoms with Gasteiger partial charge in [-0.15, -0.1) is 0 Å². The van der Waals surface area contributed by atoms with Gasteiger partial charge in [0, 0.05) is 12.5 Å². The first-order valence-electron chi connectivity index (χ1n) is 6.34. The number of halogens is 1. The van der Waals surface area contributed by atoms with E-state index in [2.05, 4.69) is 10.4 Å². The zero-order valence-corrected chi connectivity index (χ0v) is 11.5. The Balaban J connectivity index is 1.97. The molecule has 0 saturated heterocycles. The van der Waals surface area contributed by atoms with Gasteiger partial charge in [-0.2, -0.15) is 5.10 Å². The molecule has 0 aliphatic rings. The Morgan fingerprint density at radius 3 is 2.86 bits per heavy atom. The summed E-state index contributed by atoms with van der Waals surface area (Å²) in [6.45, 7) is 1.93. The van der Waals surface area contributed by atoms with E-state index < -0.39 is 5.82 Å². The normalized spacial score (nSPS) is 10.4. The lowest BCUT2D eigenvalue weighted by atomic mass is 10.2. The van der Waals surface area contributed by atoms with Crippen LogP contribution in [0.5, 0.6) is 0 Å². The highest BCUT2D eigenvalue weighted by molar-refractivity contribution is 5.93. The number of benzene rings is 1. The molecule has 7 heteroatoms. The predicted molar refractivity (Wildman–Crippen MR) is 77.3 cm³/mol. The van der Waals surface area contributed by atoms with Gasteiger partial charge in [-0.25, -0.2) is 9.07 Å². The first-order chi connectivity index (χ1) is 9.95. The minimum absolute atomic E-state index is 0.0623. The van der Waals surface area contributed by atoms with E-state index in [1.165, 1.54) is 22.9 Å². The number of amides is 1. The molecule has 2 aromatic rings. The minimum atomic E-state index is -0.471. The van der Waals surface area contributed by atoms with Crippen LogP contribution in [-0.4, -0.2) is 15.7 Å². The number of nitrogens with zero attached hydrogens (tertiary/aromatic N) is 2. The third-order valence-corrected chi connectivity index (χ3v) is 2.84. The van der Waals surface area contributed by atoms with E-state index in [1.54, 1.807) is 13.1 Å². The number of aromatic nitrogens is 2. The van der Waals surface area contributed by atoms with Crippen molar-refractivity contribution < 1.29 is 9.18 Å². The monoisotopic (exact) mass is 290 g/mol. The highest BCUT2D eigenvalue weighted by Crippen LogP contribution is 2.19. The highest BCUT2D eigenvalue weighted by Gasteiger charge is 2.07. The molecule has 1 aromatic carbocycles. The summed E-state index contributed by atoms with van der Waals surface area (Å²) < 4.78 is 14.1. The van der Waals surface area contributed by atoms with Gasteiger partial charge in [-0.05, 0) is 30.7 Å². The summed E-state index contributed by atoms with van der Waals surface area (Å²) in [5.41, 5.74) is 6.58. The maximum Gasteiger partial charge on any atom is 0.266 e. The molecule has 0 spiro atoms. The molecule has 1 amide bonds. The quantitative estimate of drug-likeness (QED) is 0.830. The lowest BCUT2D eigenvalue weighted by Gasteiger charge is -2.08. The Kier molecular flexibility index (Phi) is 4.32. The van der Waals surface area contributed by atoms with Gasteiger partial charge in [0.25, 0.3) is 5.56 Å². The lowest BCUT2D eigenvalue weighted by molar-refractivity contribution is -0.116. The molecule has 110 valence electrons. The van der Waals surface area contributed by atoms with Crippen molar-refractivity contribution in [2.24, 2.45) is 0 Å². The molecule has 1 heterocycles. The summed E-state index contributed by atoms with van der Waals surface area (Å²) in [7, 11) is 0. The molecule has 0 atom stereocenters. The van der Waals surface area contributed by atoms with Gasteiger partial charge in [-0.3, -0.25) is 9.59 Å². The average molecular weight is 290 g/mol. The summed E-state index contributed by atoms with van der Waals surface area (Å²) in [6, 6.07) is 5.17. The van der Waals surface area contributed by atoms with Crippen molar-refractivity contribution in [3.63, 3.8) is 0 Å². The Morgan fingerprint density at radius 2 is 2.19 bits per heavy atom. The molecular weight excluding hydrogens is 275 g/mol. The Labute approximate surface area is 120 Å². The Hall–Kier alpha value is -2.70. The number of carbonyl (C=O) groups excluding carboxylic acids is 1. The van der Waals surface area contributed by atoms with Crippen LogP contribution in [0.25, 0.3) is 0 Å². The van der Waals surface area contributed by atoms with Gasteiger partial charge >= 0.3 is 0 Å². The van der Waals surface area contributed by atoms with Crippen molar-refractivity contribution in [3.05, 3.63) is 52.2 Å². The van der Waals surface area contributed by atoms with E-state index in [0.717, 1.165) is 11.6 Å². The third-order valence-electron chi connectivity index (χ3n) is 2.84. The van der Waals surface area contributed by atoms with Gasteiger partial charge in [0.15, 0.2) is 0 Å². The van der Waals surface area contributed by atoms with Crippen molar-refractivity contribution in [2.75, 3.05) is 11.1 Å². The SMILES string of the molecule is Cc1cnn(CCC(=O)Nc2ccc(F)cc2N)c(=O)c1. The van der Waals surface area contributed by atoms with Crippen molar-refractivity contribution in [3.8, 4) is 0 Å². The van der Waals surface area contributed by atoms with E-state index in [-0.39, 0.29) is 30.1 Å². The van der Waals surface area contributed by atoms with Crippen LogP contribution in [0.1, 0.15) is 12.0 Å². The first kappa shape index (κ1) is 14.7.